The molecular formula is C18H27N3O7S. The number of carbonyl (C=O) groups is 1. The maximum Gasteiger partial charge on any atom is 0.276 e. The van der Waals surface area contributed by atoms with E-state index in [4.69, 9.17) is 9.84 Å². The van der Waals surface area contributed by atoms with Crippen molar-refractivity contribution >= 4 is 21.6 Å². The lowest BCUT2D eigenvalue weighted by molar-refractivity contribution is -0.120. The van der Waals surface area contributed by atoms with Gasteiger partial charge in [0.05, 0.1) is 23.6 Å². The quantitative estimate of drug-likeness (QED) is 0.263. The average molecular weight is 429 g/mol. The first-order valence-corrected chi connectivity index (χ1v) is 10.5. The third-order valence-electron chi connectivity index (χ3n) is 4.56. The number of aliphatic hydroxyl groups excluding tert-OH is 3. The molecule has 1 saturated heterocycles. The molecule has 1 heterocycles. The van der Waals surface area contributed by atoms with Gasteiger partial charge in [-0.3, -0.25) is 4.79 Å². The molecule has 11 heteroatoms. The molecule has 0 aliphatic carbocycles. The lowest BCUT2D eigenvalue weighted by Crippen LogP contribution is -2.49. The zero-order chi connectivity index (χ0) is 21.8. The van der Waals surface area contributed by atoms with Gasteiger partial charge in [0.25, 0.3) is 10.0 Å². The van der Waals surface area contributed by atoms with Crippen LogP contribution < -0.4 is 10.1 Å². The molecule has 0 aromatic heterocycles. The second-order valence-corrected chi connectivity index (χ2v) is 8.73. The number of ether oxygens (including phenoxy) is 1. The summed E-state index contributed by atoms with van der Waals surface area (Å²) in [4.78, 5) is 13.7. The number of nitrogens with one attached hydrogen (secondary N) is 2. The molecule has 2 rings (SSSR count). The van der Waals surface area contributed by atoms with E-state index in [-0.39, 0.29) is 11.3 Å². The Balaban J connectivity index is 2.10. The number of carbonyl (C=O) groups excluding carboxylic acids is 1. The van der Waals surface area contributed by atoms with Crippen molar-refractivity contribution in [1.29, 1.82) is 0 Å². The summed E-state index contributed by atoms with van der Waals surface area (Å²) < 4.78 is 30.2. The third kappa shape index (κ3) is 5.97. The summed E-state index contributed by atoms with van der Waals surface area (Å²) in [6.07, 6.45) is -4.37. The van der Waals surface area contributed by atoms with Crippen LogP contribution in [-0.4, -0.2) is 72.4 Å². The highest BCUT2D eigenvalue weighted by Crippen LogP contribution is 2.26. The number of hydrazone groups is 1. The van der Waals surface area contributed by atoms with Gasteiger partial charge in [-0.25, -0.2) is 4.83 Å². The van der Waals surface area contributed by atoms with Gasteiger partial charge in [-0.05, 0) is 26.0 Å². The van der Waals surface area contributed by atoms with Crippen LogP contribution in [0.25, 0.3) is 0 Å². The number of nitrogens with zero attached hydrogens (tertiary/aromatic N) is 1. The van der Waals surface area contributed by atoms with Crippen LogP contribution in [0.3, 0.4) is 0 Å². The van der Waals surface area contributed by atoms with Crippen LogP contribution in [0.15, 0.2) is 34.3 Å². The predicted octanol–water partition coefficient (Wildman–Crippen LogP) is -0.974. The van der Waals surface area contributed by atoms with Crippen LogP contribution in [0.1, 0.15) is 25.8 Å². The van der Waals surface area contributed by atoms with E-state index in [1.807, 2.05) is 6.92 Å². The highest BCUT2D eigenvalue weighted by Gasteiger charge is 2.46. The molecule has 1 aliphatic rings. The minimum atomic E-state index is -3.85. The molecule has 5 atom stereocenters. The number of rotatable bonds is 8. The molecular weight excluding hydrogens is 402 g/mol. The number of hydrogen-bond acceptors (Lipinski definition) is 8. The van der Waals surface area contributed by atoms with E-state index in [9.17, 15) is 23.4 Å². The SMILES string of the molecule is CC(=O)N[C@H]1[C@@H](O)[C@@H]([C@H](O)CO)O[C@@H]1CC(C)=NNS(=O)(=O)c1ccc(C)cc1. The third-order valence-corrected chi connectivity index (χ3v) is 5.78. The maximum absolute atomic E-state index is 12.3. The minimum absolute atomic E-state index is 0.0643. The molecule has 0 bridgehead atoms. The first-order chi connectivity index (χ1) is 13.5. The van der Waals surface area contributed by atoms with Crippen molar-refractivity contribution < 1.29 is 33.3 Å². The monoisotopic (exact) mass is 429 g/mol. The lowest BCUT2D eigenvalue weighted by Gasteiger charge is -2.21. The summed E-state index contributed by atoms with van der Waals surface area (Å²) in [6.45, 7) is 4.06. The predicted molar refractivity (Wildman–Crippen MR) is 105 cm³/mol. The van der Waals surface area contributed by atoms with Crippen LogP contribution in [0.5, 0.6) is 0 Å². The first kappa shape index (κ1) is 23.2. The summed E-state index contributed by atoms with van der Waals surface area (Å²) in [5.74, 6) is -0.406. The van der Waals surface area contributed by atoms with Crippen LogP contribution in [-0.2, 0) is 19.6 Å². The Bertz CT molecular complexity index is 842. The smallest absolute Gasteiger partial charge is 0.276 e. The van der Waals surface area contributed by atoms with Crippen molar-refractivity contribution in [3.05, 3.63) is 29.8 Å². The van der Waals surface area contributed by atoms with Crippen LogP contribution in [0.4, 0.5) is 0 Å². The normalized spacial score (nSPS) is 26.2. The highest BCUT2D eigenvalue weighted by atomic mass is 32.2. The topological polar surface area (TPSA) is 158 Å². The zero-order valence-corrected chi connectivity index (χ0v) is 17.3. The van der Waals surface area contributed by atoms with E-state index >= 15 is 0 Å². The molecule has 1 aromatic carbocycles. The van der Waals surface area contributed by atoms with E-state index in [0.29, 0.717) is 5.71 Å². The lowest BCUT2D eigenvalue weighted by atomic mass is 9.99. The van der Waals surface area contributed by atoms with Crippen molar-refractivity contribution in [2.24, 2.45) is 5.10 Å². The summed E-state index contributed by atoms with van der Waals surface area (Å²) in [5, 5.41) is 35.7. The number of aryl methyl sites for hydroxylation is 1. The van der Waals surface area contributed by atoms with Gasteiger partial charge < -0.3 is 25.4 Å². The van der Waals surface area contributed by atoms with Gasteiger partial charge in [0.15, 0.2) is 0 Å². The second-order valence-electron chi connectivity index (χ2n) is 7.06. The molecule has 1 aromatic rings. The number of aliphatic hydroxyl groups is 3. The number of sulfonamides is 1. The van der Waals surface area contributed by atoms with Gasteiger partial charge in [-0.2, -0.15) is 13.5 Å². The van der Waals surface area contributed by atoms with E-state index in [2.05, 4.69) is 15.2 Å². The fourth-order valence-electron chi connectivity index (χ4n) is 3.05. The molecule has 0 unspecified atom stereocenters. The van der Waals surface area contributed by atoms with Crippen molar-refractivity contribution in [2.75, 3.05) is 6.61 Å². The molecule has 5 N–H and O–H groups in total. The molecule has 0 spiro atoms. The summed E-state index contributed by atoms with van der Waals surface area (Å²) >= 11 is 0. The van der Waals surface area contributed by atoms with Gasteiger partial charge in [-0.15, -0.1) is 0 Å². The summed E-state index contributed by atoms with van der Waals surface area (Å²) in [6, 6.07) is 5.42. The Morgan fingerprint density at radius 2 is 1.90 bits per heavy atom. The average Bonchev–Trinajstić information content (AvgIpc) is 2.95. The molecule has 29 heavy (non-hydrogen) atoms. The van der Waals surface area contributed by atoms with Crippen molar-refractivity contribution in [2.45, 2.75) is 62.5 Å². The van der Waals surface area contributed by atoms with Gasteiger partial charge in [0, 0.05) is 19.1 Å². The highest BCUT2D eigenvalue weighted by molar-refractivity contribution is 7.89. The molecule has 10 nitrogen and oxygen atoms in total. The van der Waals surface area contributed by atoms with Gasteiger partial charge >= 0.3 is 0 Å². The van der Waals surface area contributed by atoms with E-state index in [1.54, 1.807) is 19.1 Å². The zero-order valence-electron chi connectivity index (χ0n) is 16.4. The molecule has 162 valence electrons. The van der Waals surface area contributed by atoms with Crippen molar-refractivity contribution in [1.82, 2.24) is 10.1 Å². The van der Waals surface area contributed by atoms with Crippen molar-refractivity contribution in [3.63, 3.8) is 0 Å². The van der Waals surface area contributed by atoms with Gasteiger partial charge in [-0.1, -0.05) is 17.7 Å². The summed E-state index contributed by atoms with van der Waals surface area (Å²) in [5.41, 5.74) is 1.26. The Morgan fingerprint density at radius 1 is 1.28 bits per heavy atom. The Morgan fingerprint density at radius 3 is 2.45 bits per heavy atom. The van der Waals surface area contributed by atoms with Crippen LogP contribution in [0.2, 0.25) is 0 Å². The standard InChI is InChI=1S/C18H27N3O7S/c1-10-4-6-13(7-5-10)29(26,27)21-20-11(2)8-15-16(19-12(3)23)17(25)18(28-15)14(24)9-22/h4-7,14-18,21-22,24-25H,8-9H2,1-3H3,(H,19,23)/t14-,15-,16-,17-,18-/m1/s1. The molecule has 0 radical (unpaired) electrons. The second kappa shape index (κ2) is 9.63. The van der Waals surface area contributed by atoms with E-state index in [1.165, 1.54) is 19.1 Å². The van der Waals surface area contributed by atoms with E-state index < -0.39 is 53.0 Å². The van der Waals surface area contributed by atoms with Crippen molar-refractivity contribution in [3.8, 4) is 0 Å². The van der Waals surface area contributed by atoms with E-state index in [0.717, 1.165) is 5.56 Å². The molecule has 1 fully saturated rings. The molecule has 1 aliphatic heterocycles. The summed E-state index contributed by atoms with van der Waals surface area (Å²) in [7, 11) is -3.85. The van der Waals surface area contributed by atoms with Gasteiger partial charge in [0.1, 0.15) is 18.3 Å². The maximum atomic E-state index is 12.3. The number of benzene rings is 1. The fourth-order valence-corrected chi connectivity index (χ4v) is 3.92. The Labute approximate surface area is 169 Å². The Kier molecular flexibility index (Phi) is 7.72. The Hall–Kier alpha value is -2.05. The first-order valence-electron chi connectivity index (χ1n) is 9.06. The van der Waals surface area contributed by atoms with Gasteiger partial charge in [0.2, 0.25) is 5.91 Å². The largest absolute Gasteiger partial charge is 0.394 e. The molecule has 1 amide bonds. The molecule has 0 saturated carbocycles. The minimum Gasteiger partial charge on any atom is -0.394 e. The van der Waals surface area contributed by atoms with Crippen LogP contribution in [0, 0.1) is 6.92 Å². The number of hydrogen-bond donors (Lipinski definition) is 5. The number of amides is 1. The van der Waals surface area contributed by atoms with Crippen LogP contribution >= 0.6 is 0 Å². The fraction of sp³-hybridized carbons (Fsp3) is 0.556.